The Balaban J connectivity index is 2.63. The van der Waals surface area contributed by atoms with Gasteiger partial charge < -0.3 is 14.6 Å². The van der Waals surface area contributed by atoms with Gasteiger partial charge in [0.15, 0.2) is 0 Å². The van der Waals surface area contributed by atoms with Gasteiger partial charge in [-0.05, 0) is 32.5 Å². The van der Waals surface area contributed by atoms with Crippen molar-refractivity contribution in [3.05, 3.63) is 33.2 Å². The molecule has 1 aliphatic heterocycles. The Morgan fingerprint density at radius 2 is 2.00 bits per heavy atom. The van der Waals surface area contributed by atoms with E-state index in [2.05, 4.69) is 11.9 Å². The number of nitrogens with zero attached hydrogens (tertiary/aromatic N) is 2. The Morgan fingerprint density at radius 1 is 1.35 bits per heavy atom. The molecule has 0 unspecified atom stereocenters. The molecular formula is C13H20N2O2. The zero-order chi connectivity index (χ0) is 12.8. The fourth-order valence-corrected chi connectivity index (χ4v) is 2.41. The van der Waals surface area contributed by atoms with E-state index in [1.54, 1.807) is 25.5 Å². The van der Waals surface area contributed by atoms with Crippen LogP contribution in [-0.4, -0.2) is 28.2 Å². The van der Waals surface area contributed by atoms with Gasteiger partial charge in [0.2, 0.25) is 0 Å². The van der Waals surface area contributed by atoms with Gasteiger partial charge in [-0.15, -0.1) is 0 Å². The largest absolute Gasteiger partial charge is 0.386 e. The minimum atomic E-state index is -1.08. The van der Waals surface area contributed by atoms with Crippen molar-refractivity contribution in [1.29, 1.82) is 0 Å². The number of aromatic nitrogens is 1. The van der Waals surface area contributed by atoms with E-state index in [1.165, 1.54) is 0 Å². The number of fused-ring (bicyclic) bond motifs is 1. The monoisotopic (exact) mass is 236 g/mol. The topological polar surface area (TPSA) is 45.5 Å². The fraction of sp³-hybridized carbons (Fsp3) is 0.615. The average molecular weight is 236 g/mol. The van der Waals surface area contributed by atoms with Crippen molar-refractivity contribution in [1.82, 2.24) is 9.47 Å². The highest BCUT2D eigenvalue weighted by atomic mass is 16.3. The van der Waals surface area contributed by atoms with Gasteiger partial charge >= 0.3 is 0 Å². The van der Waals surface area contributed by atoms with Crippen LogP contribution in [0.1, 0.15) is 30.7 Å². The lowest BCUT2D eigenvalue weighted by Gasteiger charge is -2.29. The molecule has 0 radical (unpaired) electrons. The molecule has 4 heteroatoms. The molecular weight excluding hydrogens is 216 g/mol. The predicted octanol–water partition coefficient (Wildman–Crippen LogP) is 0.601. The van der Waals surface area contributed by atoms with Gasteiger partial charge in [0.1, 0.15) is 0 Å². The van der Waals surface area contributed by atoms with Crippen molar-refractivity contribution in [3.8, 4) is 0 Å². The molecule has 0 aliphatic carbocycles. The number of pyridine rings is 1. The van der Waals surface area contributed by atoms with Crippen molar-refractivity contribution >= 4 is 0 Å². The van der Waals surface area contributed by atoms with Crippen LogP contribution in [0.3, 0.4) is 0 Å². The Labute approximate surface area is 101 Å². The Kier molecular flexibility index (Phi) is 2.87. The zero-order valence-corrected chi connectivity index (χ0v) is 10.9. The van der Waals surface area contributed by atoms with Crippen molar-refractivity contribution in [2.75, 3.05) is 13.6 Å². The van der Waals surface area contributed by atoms with Gasteiger partial charge in [-0.1, -0.05) is 0 Å². The molecule has 94 valence electrons. The summed E-state index contributed by atoms with van der Waals surface area (Å²) in [6.07, 6.45) is 0.893. The molecule has 2 rings (SSSR count). The third kappa shape index (κ3) is 2.15. The summed E-state index contributed by atoms with van der Waals surface area (Å²) >= 11 is 0. The molecule has 0 fully saturated rings. The van der Waals surface area contributed by atoms with E-state index in [1.807, 2.05) is 6.07 Å². The van der Waals surface area contributed by atoms with Crippen LogP contribution in [0.5, 0.6) is 0 Å². The maximum absolute atomic E-state index is 12.2. The first kappa shape index (κ1) is 12.3. The highest BCUT2D eigenvalue weighted by Gasteiger charge is 2.25. The molecule has 4 nitrogen and oxygen atoms in total. The molecule has 0 aromatic carbocycles. The quantitative estimate of drug-likeness (QED) is 0.776. The van der Waals surface area contributed by atoms with Crippen LogP contribution in [0.25, 0.3) is 0 Å². The smallest absolute Gasteiger partial charge is 0.256 e. The van der Waals surface area contributed by atoms with Crippen molar-refractivity contribution < 1.29 is 5.11 Å². The van der Waals surface area contributed by atoms with Crippen LogP contribution >= 0.6 is 0 Å². The van der Waals surface area contributed by atoms with E-state index in [-0.39, 0.29) is 5.56 Å². The minimum Gasteiger partial charge on any atom is -0.386 e. The second-order valence-corrected chi connectivity index (χ2v) is 5.44. The highest BCUT2D eigenvalue weighted by Crippen LogP contribution is 2.22. The van der Waals surface area contributed by atoms with E-state index in [4.69, 9.17) is 0 Å². The summed E-state index contributed by atoms with van der Waals surface area (Å²) in [6, 6.07) is 1.87. The van der Waals surface area contributed by atoms with Gasteiger partial charge in [0.25, 0.3) is 5.56 Å². The lowest BCUT2D eigenvalue weighted by molar-refractivity contribution is 0.0762. The summed E-state index contributed by atoms with van der Waals surface area (Å²) in [7, 11) is 3.86. The van der Waals surface area contributed by atoms with E-state index in [9.17, 15) is 9.90 Å². The van der Waals surface area contributed by atoms with Crippen LogP contribution in [0.2, 0.25) is 0 Å². The lowest BCUT2D eigenvalue weighted by atomic mass is 9.95. The molecule has 1 N–H and O–H groups in total. The standard InChI is InChI=1S/C13H20N2O2/c1-13(2,17)10-7-9-8-14(3)6-5-11(9)15(4)12(10)16/h7,17H,5-6,8H2,1-4H3. The maximum Gasteiger partial charge on any atom is 0.256 e. The van der Waals surface area contributed by atoms with Crippen LogP contribution in [0, 0.1) is 0 Å². The SMILES string of the molecule is CN1CCc2c(cc(C(C)(C)O)c(=O)n2C)C1. The Hall–Kier alpha value is -1.13. The molecule has 2 heterocycles. The summed E-state index contributed by atoms with van der Waals surface area (Å²) in [5, 5.41) is 10.0. The molecule has 0 saturated heterocycles. The van der Waals surface area contributed by atoms with Gasteiger partial charge in [-0.2, -0.15) is 0 Å². The molecule has 17 heavy (non-hydrogen) atoms. The lowest BCUT2D eigenvalue weighted by Crippen LogP contribution is -2.37. The fourth-order valence-electron chi connectivity index (χ4n) is 2.41. The second-order valence-electron chi connectivity index (χ2n) is 5.44. The number of hydrogen-bond donors (Lipinski definition) is 1. The number of aliphatic hydroxyl groups is 1. The van der Waals surface area contributed by atoms with E-state index >= 15 is 0 Å². The van der Waals surface area contributed by atoms with Crippen LogP contribution in [0.15, 0.2) is 10.9 Å². The average Bonchev–Trinajstić information content (AvgIpc) is 2.21. The molecule has 0 saturated carbocycles. The maximum atomic E-state index is 12.2. The van der Waals surface area contributed by atoms with Gasteiger partial charge in [0.05, 0.1) is 5.60 Å². The van der Waals surface area contributed by atoms with Gasteiger partial charge in [-0.25, -0.2) is 0 Å². The molecule has 0 spiro atoms. The third-order valence-electron chi connectivity index (χ3n) is 3.46. The molecule has 0 amide bonds. The van der Waals surface area contributed by atoms with E-state index in [0.717, 1.165) is 30.8 Å². The predicted molar refractivity (Wildman–Crippen MR) is 67.0 cm³/mol. The third-order valence-corrected chi connectivity index (χ3v) is 3.46. The molecule has 0 bridgehead atoms. The summed E-state index contributed by atoms with van der Waals surface area (Å²) in [4.78, 5) is 14.4. The summed E-state index contributed by atoms with van der Waals surface area (Å²) in [6.45, 7) is 5.13. The number of rotatable bonds is 1. The summed E-state index contributed by atoms with van der Waals surface area (Å²) in [5.41, 5.74) is 1.56. The number of likely N-dealkylation sites (N-methyl/N-ethyl adjacent to an activating group) is 1. The van der Waals surface area contributed by atoms with Gasteiger partial charge in [-0.3, -0.25) is 4.79 Å². The number of hydrogen-bond acceptors (Lipinski definition) is 3. The normalized spacial score (nSPS) is 17.0. The van der Waals surface area contributed by atoms with Gasteiger partial charge in [0, 0.05) is 37.8 Å². The highest BCUT2D eigenvalue weighted by molar-refractivity contribution is 5.31. The summed E-state index contributed by atoms with van der Waals surface area (Å²) in [5.74, 6) is 0. The van der Waals surface area contributed by atoms with Crippen LogP contribution in [0.4, 0.5) is 0 Å². The van der Waals surface area contributed by atoms with Crippen molar-refractivity contribution in [2.24, 2.45) is 7.05 Å². The molecule has 1 aromatic heterocycles. The minimum absolute atomic E-state index is 0.0826. The van der Waals surface area contributed by atoms with Crippen LogP contribution in [-0.2, 0) is 25.6 Å². The summed E-state index contributed by atoms with van der Waals surface area (Å²) < 4.78 is 1.69. The van der Waals surface area contributed by atoms with E-state index < -0.39 is 5.60 Å². The second kappa shape index (κ2) is 3.96. The van der Waals surface area contributed by atoms with Crippen molar-refractivity contribution in [2.45, 2.75) is 32.4 Å². The Morgan fingerprint density at radius 3 is 2.59 bits per heavy atom. The van der Waals surface area contributed by atoms with Crippen LogP contribution < -0.4 is 5.56 Å². The molecule has 1 aromatic rings. The molecule has 1 aliphatic rings. The molecule has 0 atom stereocenters. The first-order chi connectivity index (χ1) is 7.80. The Bertz CT molecular complexity index is 497. The first-order valence-corrected chi connectivity index (χ1v) is 5.94. The van der Waals surface area contributed by atoms with E-state index in [0.29, 0.717) is 5.56 Å². The first-order valence-electron chi connectivity index (χ1n) is 5.94. The van der Waals surface area contributed by atoms with Crippen molar-refractivity contribution in [3.63, 3.8) is 0 Å². The zero-order valence-electron chi connectivity index (χ0n) is 10.9.